The number of thiazole rings is 1. The third-order valence-corrected chi connectivity index (χ3v) is 3.44. The smallest absolute Gasteiger partial charge is 0.246 e. The molecule has 0 saturated carbocycles. The Kier molecular flexibility index (Phi) is 4.57. The van der Waals surface area contributed by atoms with E-state index in [9.17, 15) is 9.18 Å². The zero-order valence-electron chi connectivity index (χ0n) is 11.2. The molecule has 4 nitrogen and oxygen atoms in total. The van der Waals surface area contributed by atoms with Crippen molar-refractivity contribution in [3.63, 3.8) is 0 Å². The van der Waals surface area contributed by atoms with Gasteiger partial charge in [-0.15, -0.1) is 11.3 Å². The van der Waals surface area contributed by atoms with E-state index in [1.54, 1.807) is 25.1 Å². The van der Waals surface area contributed by atoms with Crippen LogP contribution in [0.15, 0.2) is 34.7 Å². The first kappa shape index (κ1) is 14.3. The number of aromatic nitrogens is 1. The van der Waals surface area contributed by atoms with E-state index >= 15 is 0 Å². The predicted molar refractivity (Wildman–Crippen MR) is 77.3 cm³/mol. The fourth-order valence-corrected chi connectivity index (χ4v) is 2.27. The molecule has 1 amide bonds. The summed E-state index contributed by atoms with van der Waals surface area (Å²) < 4.78 is 13.5. The summed E-state index contributed by atoms with van der Waals surface area (Å²) in [5, 5.41) is 6.66. The van der Waals surface area contributed by atoms with Crippen LogP contribution >= 0.6 is 11.3 Å². The SMILES string of the molecule is CC(=NNC(=O)Cc1csc(C)n1)c1ccccc1F. The molecule has 0 atom stereocenters. The van der Waals surface area contributed by atoms with Crippen LogP contribution in [0.2, 0.25) is 0 Å². The molecule has 0 bridgehead atoms. The van der Waals surface area contributed by atoms with Crippen LogP contribution in [0.25, 0.3) is 0 Å². The summed E-state index contributed by atoms with van der Waals surface area (Å²) in [5.74, 6) is -0.635. The first-order valence-electron chi connectivity index (χ1n) is 6.05. The summed E-state index contributed by atoms with van der Waals surface area (Å²) in [6.07, 6.45) is 0.165. The molecule has 6 heteroatoms. The summed E-state index contributed by atoms with van der Waals surface area (Å²) in [5.41, 5.74) is 3.92. The number of nitrogens with one attached hydrogen (secondary N) is 1. The maximum atomic E-state index is 13.5. The van der Waals surface area contributed by atoms with Crippen LogP contribution in [0.4, 0.5) is 4.39 Å². The minimum Gasteiger partial charge on any atom is -0.273 e. The Balaban J connectivity index is 1.98. The van der Waals surface area contributed by atoms with Crippen LogP contribution in [0.5, 0.6) is 0 Å². The molecule has 20 heavy (non-hydrogen) atoms. The van der Waals surface area contributed by atoms with Gasteiger partial charge < -0.3 is 0 Å². The van der Waals surface area contributed by atoms with Crippen molar-refractivity contribution in [2.24, 2.45) is 5.10 Å². The van der Waals surface area contributed by atoms with Crippen LogP contribution in [0, 0.1) is 12.7 Å². The number of halogens is 1. The Bertz CT molecular complexity index is 651. The van der Waals surface area contributed by atoms with Crippen LogP contribution in [0.3, 0.4) is 0 Å². The summed E-state index contributed by atoms with van der Waals surface area (Å²) in [6.45, 7) is 3.53. The number of carbonyl (C=O) groups is 1. The van der Waals surface area contributed by atoms with E-state index < -0.39 is 0 Å². The molecule has 2 aromatic rings. The summed E-state index contributed by atoms with van der Waals surface area (Å²) in [6, 6.07) is 6.30. The highest BCUT2D eigenvalue weighted by atomic mass is 32.1. The molecule has 0 unspecified atom stereocenters. The van der Waals surface area contributed by atoms with E-state index in [0.717, 1.165) is 5.01 Å². The fraction of sp³-hybridized carbons (Fsp3) is 0.214. The molecule has 0 radical (unpaired) electrons. The van der Waals surface area contributed by atoms with E-state index in [0.29, 0.717) is 17.0 Å². The van der Waals surface area contributed by atoms with Crippen LogP contribution in [0.1, 0.15) is 23.2 Å². The van der Waals surface area contributed by atoms with Gasteiger partial charge in [0.2, 0.25) is 5.91 Å². The molecular weight excluding hydrogens is 277 g/mol. The van der Waals surface area contributed by atoms with Crippen molar-refractivity contribution in [2.75, 3.05) is 0 Å². The number of benzene rings is 1. The molecule has 1 heterocycles. The number of aryl methyl sites for hydroxylation is 1. The first-order valence-corrected chi connectivity index (χ1v) is 6.93. The van der Waals surface area contributed by atoms with Gasteiger partial charge in [0.05, 0.1) is 22.8 Å². The number of hydrogen-bond acceptors (Lipinski definition) is 4. The van der Waals surface area contributed by atoms with Gasteiger partial charge in [0, 0.05) is 10.9 Å². The van der Waals surface area contributed by atoms with Gasteiger partial charge in [-0.2, -0.15) is 5.10 Å². The molecule has 0 aliphatic carbocycles. The number of carbonyl (C=O) groups excluding carboxylic acids is 1. The van der Waals surface area contributed by atoms with Gasteiger partial charge in [0.1, 0.15) is 5.82 Å². The highest BCUT2D eigenvalue weighted by Crippen LogP contribution is 2.09. The van der Waals surface area contributed by atoms with E-state index in [4.69, 9.17) is 0 Å². The Morgan fingerprint density at radius 2 is 2.20 bits per heavy atom. The molecule has 0 aliphatic heterocycles. The lowest BCUT2D eigenvalue weighted by Crippen LogP contribution is -2.21. The molecule has 0 spiro atoms. The van der Waals surface area contributed by atoms with Crippen molar-refractivity contribution >= 4 is 23.0 Å². The number of nitrogens with zero attached hydrogens (tertiary/aromatic N) is 2. The highest BCUT2D eigenvalue weighted by molar-refractivity contribution is 7.09. The Hall–Kier alpha value is -2.08. The van der Waals surface area contributed by atoms with E-state index in [2.05, 4.69) is 15.5 Å². The van der Waals surface area contributed by atoms with Crippen molar-refractivity contribution in [1.82, 2.24) is 10.4 Å². The maximum Gasteiger partial charge on any atom is 0.246 e. The lowest BCUT2D eigenvalue weighted by molar-refractivity contribution is -0.120. The quantitative estimate of drug-likeness (QED) is 0.695. The Morgan fingerprint density at radius 3 is 2.85 bits per heavy atom. The van der Waals surface area contributed by atoms with Crippen LogP contribution in [-0.4, -0.2) is 16.6 Å². The Labute approximate surface area is 120 Å². The van der Waals surface area contributed by atoms with Gasteiger partial charge >= 0.3 is 0 Å². The van der Waals surface area contributed by atoms with E-state index in [1.807, 2.05) is 12.3 Å². The number of amides is 1. The average Bonchev–Trinajstić information content (AvgIpc) is 2.82. The van der Waals surface area contributed by atoms with Crippen molar-refractivity contribution in [3.8, 4) is 0 Å². The molecule has 1 aromatic carbocycles. The van der Waals surface area contributed by atoms with Crippen LogP contribution < -0.4 is 5.43 Å². The van der Waals surface area contributed by atoms with Crippen molar-refractivity contribution in [3.05, 3.63) is 51.7 Å². The second-order valence-electron chi connectivity index (χ2n) is 4.25. The standard InChI is InChI=1S/C14H14FN3OS/c1-9(12-5-3-4-6-13(12)15)17-18-14(19)7-11-8-20-10(2)16-11/h3-6,8H,7H2,1-2H3,(H,18,19). The highest BCUT2D eigenvalue weighted by Gasteiger charge is 2.07. The monoisotopic (exact) mass is 291 g/mol. The normalized spacial score (nSPS) is 11.4. The molecule has 0 saturated heterocycles. The minimum absolute atomic E-state index is 0.165. The summed E-state index contributed by atoms with van der Waals surface area (Å²) >= 11 is 1.49. The maximum absolute atomic E-state index is 13.5. The van der Waals surface area contributed by atoms with Gasteiger partial charge in [0.25, 0.3) is 0 Å². The fourth-order valence-electron chi connectivity index (χ4n) is 1.65. The van der Waals surface area contributed by atoms with Gasteiger partial charge in [-0.05, 0) is 19.9 Å². The lowest BCUT2D eigenvalue weighted by atomic mass is 10.1. The second-order valence-corrected chi connectivity index (χ2v) is 5.31. The lowest BCUT2D eigenvalue weighted by Gasteiger charge is -2.03. The van der Waals surface area contributed by atoms with Gasteiger partial charge in [-0.3, -0.25) is 4.79 Å². The topological polar surface area (TPSA) is 54.4 Å². The largest absolute Gasteiger partial charge is 0.273 e. The molecule has 0 aliphatic rings. The zero-order valence-corrected chi connectivity index (χ0v) is 12.0. The molecule has 1 N–H and O–H groups in total. The number of hydrogen-bond donors (Lipinski definition) is 1. The minimum atomic E-state index is -0.363. The van der Waals surface area contributed by atoms with Crippen molar-refractivity contribution in [1.29, 1.82) is 0 Å². The number of hydrazone groups is 1. The third kappa shape index (κ3) is 3.71. The molecule has 0 fully saturated rings. The van der Waals surface area contributed by atoms with Gasteiger partial charge in [-0.1, -0.05) is 18.2 Å². The van der Waals surface area contributed by atoms with E-state index in [1.165, 1.54) is 17.4 Å². The second kappa shape index (κ2) is 6.38. The van der Waals surface area contributed by atoms with Crippen molar-refractivity contribution < 1.29 is 9.18 Å². The molecule has 104 valence electrons. The summed E-state index contributed by atoms with van der Waals surface area (Å²) in [7, 11) is 0. The molecular formula is C14H14FN3OS. The van der Waals surface area contributed by atoms with E-state index in [-0.39, 0.29) is 18.1 Å². The Morgan fingerprint density at radius 1 is 1.45 bits per heavy atom. The van der Waals surface area contributed by atoms with Gasteiger partial charge in [-0.25, -0.2) is 14.8 Å². The predicted octanol–water partition coefficient (Wildman–Crippen LogP) is 2.67. The van der Waals surface area contributed by atoms with Crippen LogP contribution in [-0.2, 0) is 11.2 Å². The third-order valence-electron chi connectivity index (χ3n) is 2.62. The summed E-state index contributed by atoms with van der Waals surface area (Å²) in [4.78, 5) is 15.9. The van der Waals surface area contributed by atoms with Gasteiger partial charge in [0.15, 0.2) is 0 Å². The zero-order chi connectivity index (χ0) is 14.5. The number of rotatable bonds is 4. The average molecular weight is 291 g/mol. The van der Waals surface area contributed by atoms with Crippen molar-refractivity contribution in [2.45, 2.75) is 20.3 Å². The molecule has 1 aromatic heterocycles. The molecule has 2 rings (SSSR count). The first-order chi connectivity index (χ1) is 9.56.